The van der Waals surface area contributed by atoms with Gasteiger partial charge in [-0.25, -0.2) is 0 Å². The fraction of sp³-hybridized carbons (Fsp3) is 0.625. The molecule has 1 rings (SSSR count). The Balaban J connectivity index is 2.90. The third-order valence-electron chi connectivity index (χ3n) is 3.17. The molecule has 0 saturated carbocycles. The highest BCUT2D eigenvalue weighted by atomic mass is 32.2. The predicted molar refractivity (Wildman–Crippen MR) is 84.7 cm³/mol. The van der Waals surface area contributed by atoms with E-state index >= 15 is 0 Å². The highest BCUT2D eigenvalue weighted by molar-refractivity contribution is 7.99. The second-order valence-corrected chi connectivity index (χ2v) is 6.15. The van der Waals surface area contributed by atoms with E-state index in [2.05, 4.69) is 63.8 Å². The van der Waals surface area contributed by atoms with Crippen LogP contribution in [0.15, 0.2) is 12.1 Å². The van der Waals surface area contributed by atoms with Crippen LogP contribution in [-0.4, -0.2) is 18.1 Å². The molecule has 0 aliphatic carbocycles. The Morgan fingerprint density at radius 3 is 2.22 bits per heavy atom. The summed E-state index contributed by atoms with van der Waals surface area (Å²) in [7, 11) is 0. The number of nitrogens with one attached hydrogen (secondary N) is 1. The lowest BCUT2D eigenvalue weighted by atomic mass is 9.95. The van der Waals surface area contributed by atoms with Gasteiger partial charge < -0.3 is 5.32 Å². The molecule has 1 aromatic rings. The van der Waals surface area contributed by atoms with E-state index in [1.54, 1.807) is 0 Å². The summed E-state index contributed by atoms with van der Waals surface area (Å²) in [5, 5.41) is 3.64. The third kappa shape index (κ3) is 4.33. The molecule has 0 aliphatic heterocycles. The number of hydrogen-bond donors (Lipinski definition) is 1. The van der Waals surface area contributed by atoms with Gasteiger partial charge in [-0.3, -0.25) is 0 Å². The first kappa shape index (κ1) is 15.6. The van der Waals surface area contributed by atoms with Crippen molar-refractivity contribution in [1.29, 1.82) is 0 Å². The second-order valence-electron chi connectivity index (χ2n) is 5.00. The molecule has 0 heterocycles. The summed E-state index contributed by atoms with van der Waals surface area (Å²) in [6, 6.07) is 5.10. The van der Waals surface area contributed by atoms with E-state index in [1.807, 2.05) is 0 Å². The zero-order valence-corrected chi connectivity index (χ0v) is 13.3. The smallest absolute Gasteiger partial charge is 0.0417 e. The molecule has 0 fully saturated rings. The van der Waals surface area contributed by atoms with E-state index in [0.29, 0.717) is 6.04 Å². The summed E-state index contributed by atoms with van der Waals surface area (Å²) in [5.74, 6) is 2.43. The highest BCUT2D eigenvalue weighted by Crippen LogP contribution is 2.26. The first-order valence-corrected chi connectivity index (χ1v) is 8.14. The summed E-state index contributed by atoms with van der Waals surface area (Å²) in [5.41, 5.74) is 5.72. The number of benzene rings is 1. The molecule has 102 valence electrons. The third-order valence-corrected chi connectivity index (χ3v) is 4.44. The number of hydrogen-bond acceptors (Lipinski definition) is 2. The molecule has 1 unspecified atom stereocenters. The molecule has 1 N–H and O–H groups in total. The quantitative estimate of drug-likeness (QED) is 0.733. The van der Waals surface area contributed by atoms with Crippen LogP contribution in [0, 0.1) is 20.8 Å². The monoisotopic (exact) mass is 265 g/mol. The van der Waals surface area contributed by atoms with Gasteiger partial charge in [-0.1, -0.05) is 31.5 Å². The van der Waals surface area contributed by atoms with Gasteiger partial charge in [0.05, 0.1) is 0 Å². The molecule has 0 saturated heterocycles. The molecule has 0 bridgehead atoms. The van der Waals surface area contributed by atoms with Crippen molar-refractivity contribution in [3.8, 4) is 0 Å². The fourth-order valence-corrected chi connectivity index (χ4v) is 3.55. The first-order valence-electron chi connectivity index (χ1n) is 6.99. The molecule has 0 aromatic heterocycles. The average molecular weight is 265 g/mol. The minimum atomic E-state index is 0.493. The summed E-state index contributed by atoms with van der Waals surface area (Å²) >= 11 is 2.06. The van der Waals surface area contributed by atoms with Crippen molar-refractivity contribution in [2.75, 3.05) is 18.1 Å². The van der Waals surface area contributed by atoms with Crippen LogP contribution in [0.4, 0.5) is 0 Å². The minimum Gasteiger partial charge on any atom is -0.309 e. The second kappa shape index (κ2) is 7.85. The zero-order chi connectivity index (χ0) is 13.5. The Labute approximate surface area is 117 Å². The molecule has 2 heteroatoms. The maximum Gasteiger partial charge on any atom is 0.0417 e. The van der Waals surface area contributed by atoms with Gasteiger partial charge in [-0.2, -0.15) is 11.8 Å². The Morgan fingerprint density at radius 1 is 1.11 bits per heavy atom. The maximum atomic E-state index is 3.64. The van der Waals surface area contributed by atoms with Gasteiger partial charge in [0.2, 0.25) is 0 Å². The molecule has 1 nitrogen and oxygen atoms in total. The molecule has 0 amide bonds. The molecular weight excluding hydrogens is 238 g/mol. The van der Waals surface area contributed by atoms with Gasteiger partial charge in [-0.15, -0.1) is 0 Å². The Bertz CT molecular complexity index is 350. The lowest BCUT2D eigenvalue weighted by molar-refractivity contribution is 0.600. The zero-order valence-electron chi connectivity index (χ0n) is 12.5. The van der Waals surface area contributed by atoms with Crippen LogP contribution < -0.4 is 5.32 Å². The average Bonchev–Trinajstić information content (AvgIpc) is 2.28. The van der Waals surface area contributed by atoms with E-state index < -0.39 is 0 Å². The van der Waals surface area contributed by atoms with Crippen LogP contribution in [0.3, 0.4) is 0 Å². The molecular formula is C16H27NS. The lowest BCUT2D eigenvalue weighted by Crippen LogP contribution is -2.24. The maximum absolute atomic E-state index is 3.64. The van der Waals surface area contributed by atoms with Crippen molar-refractivity contribution in [3.05, 3.63) is 34.4 Å². The Hall–Kier alpha value is -0.470. The van der Waals surface area contributed by atoms with E-state index in [-0.39, 0.29) is 0 Å². The van der Waals surface area contributed by atoms with Gasteiger partial charge in [0.15, 0.2) is 0 Å². The lowest BCUT2D eigenvalue weighted by Gasteiger charge is -2.23. The molecule has 1 atom stereocenters. The molecule has 1 aromatic carbocycles. The van der Waals surface area contributed by atoms with Crippen molar-refractivity contribution in [3.63, 3.8) is 0 Å². The Morgan fingerprint density at radius 2 is 1.72 bits per heavy atom. The topological polar surface area (TPSA) is 12.0 Å². The summed E-state index contributed by atoms with van der Waals surface area (Å²) < 4.78 is 0. The SMILES string of the molecule is CCCSCC(NCC)c1c(C)cc(C)cc1C. The Kier molecular flexibility index (Phi) is 6.80. The van der Waals surface area contributed by atoms with Crippen molar-refractivity contribution in [2.24, 2.45) is 0 Å². The number of rotatable bonds is 7. The van der Waals surface area contributed by atoms with Crippen molar-refractivity contribution in [2.45, 2.75) is 47.1 Å². The van der Waals surface area contributed by atoms with Gasteiger partial charge in [0.1, 0.15) is 0 Å². The van der Waals surface area contributed by atoms with Crippen molar-refractivity contribution < 1.29 is 0 Å². The van der Waals surface area contributed by atoms with Crippen LogP contribution in [0.1, 0.15) is 48.6 Å². The highest BCUT2D eigenvalue weighted by Gasteiger charge is 2.15. The molecule has 18 heavy (non-hydrogen) atoms. The fourth-order valence-electron chi connectivity index (χ4n) is 2.58. The number of thioether (sulfide) groups is 1. The van der Waals surface area contributed by atoms with E-state index in [9.17, 15) is 0 Å². The van der Waals surface area contributed by atoms with Gasteiger partial charge in [0.25, 0.3) is 0 Å². The predicted octanol–water partition coefficient (Wildman–Crippen LogP) is 4.41. The van der Waals surface area contributed by atoms with Crippen LogP contribution in [0.2, 0.25) is 0 Å². The van der Waals surface area contributed by atoms with Crippen LogP contribution in [0.25, 0.3) is 0 Å². The largest absolute Gasteiger partial charge is 0.309 e. The molecule has 0 radical (unpaired) electrons. The molecule has 0 aliphatic rings. The van der Waals surface area contributed by atoms with E-state index in [1.165, 1.54) is 40.2 Å². The van der Waals surface area contributed by atoms with Crippen molar-refractivity contribution in [1.82, 2.24) is 5.32 Å². The van der Waals surface area contributed by atoms with Crippen LogP contribution in [-0.2, 0) is 0 Å². The summed E-state index contributed by atoms with van der Waals surface area (Å²) in [6.45, 7) is 12.1. The first-order chi connectivity index (χ1) is 8.60. The summed E-state index contributed by atoms with van der Waals surface area (Å²) in [4.78, 5) is 0. The number of aryl methyl sites for hydroxylation is 3. The van der Waals surface area contributed by atoms with Crippen LogP contribution >= 0.6 is 11.8 Å². The normalized spacial score (nSPS) is 12.7. The molecule has 0 spiro atoms. The minimum absolute atomic E-state index is 0.493. The van der Waals surface area contributed by atoms with Gasteiger partial charge in [-0.05, 0) is 56.2 Å². The standard InChI is InChI=1S/C16H27NS/c1-6-8-18-11-15(17-7-2)16-13(4)9-12(3)10-14(16)5/h9-10,15,17H,6-8,11H2,1-5H3. The van der Waals surface area contributed by atoms with E-state index in [4.69, 9.17) is 0 Å². The van der Waals surface area contributed by atoms with Gasteiger partial charge >= 0.3 is 0 Å². The summed E-state index contributed by atoms with van der Waals surface area (Å²) in [6.07, 6.45) is 1.26. The van der Waals surface area contributed by atoms with Crippen molar-refractivity contribution >= 4 is 11.8 Å². The van der Waals surface area contributed by atoms with E-state index in [0.717, 1.165) is 6.54 Å². The van der Waals surface area contributed by atoms with Gasteiger partial charge in [0, 0.05) is 11.8 Å². The van der Waals surface area contributed by atoms with Crippen LogP contribution in [0.5, 0.6) is 0 Å².